The van der Waals surface area contributed by atoms with Gasteiger partial charge in [-0.05, 0) is 109 Å². The molecular weight excluding hydrogens is 764 g/mol. The van der Waals surface area contributed by atoms with Gasteiger partial charge in [-0.25, -0.2) is 19.2 Å². The third-order valence-electron chi connectivity index (χ3n) is 9.00. The molecule has 14 heteroatoms. The molecule has 0 saturated heterocycles. The minimum Gasteiger partial charge on any atom is -0.427 e. The fraction of sp³-hybridized carbons (Fsp3) is 0.244. The number of aryl methyl sites for hydroxylation is 2. The number of benzene rings is 4. The zero-order valence-electron chi connectivity index (χ0n) is 33.0. The molecule has 59 heavy (non-hydrogen) atoms. The zero-order chi connectivity index (χ0) is 42.7. The summed E-state index contributed by atoms with van der Waals surface area (Å²) in [6.45, 7) is 12.7. The molecule has 0 amide bonds. The molecule has 4 aromatic rings. The van der Waals surface area contributed by atoms with Gasteiger partial charge in [0, 0.05) is 29.4 Å². The van der Waals surface area contributed by atoms with Crippen LogP contribution in [0.25, 0.3) is 11.1 Å². The molecule has 0 spiro atoms. The third kappa shape index (κ3) is 11.9. The summed E-state index contributed by atoms with van der Waals surface area (Å²) in [4.78, 5) is 72.1. The Kier molecular flexibility index (Phi) is 14.0. The molecule has 0 radical (unpaired) electrons. The lowest BCUT2D eigenvalue weighted by Crippen LogP contribution is -2.16. The molecular formula is C45H42O14. The first kappa shape index (κ1) is 42.9. The Balaban J connectivity index is 1.07. The second-order valence-electron chi connectivity index (χ2n) is 13.9. The predicted octanol–water partition coefficient (Wildman–Crippen LogP) is 8.25. The second kappa shape index (κ2) is 19.3. The topological polar surface area (TPSA) is 176 Å². The fourth-order valence-electron chi connectivity index (χ4n) is 5.89. The summed E-state index contributed by atoms with van der Waals surface area (Å²) in [6.07, 6.45) is -1.15. The summed E-state index contributed by atoms with van der Waals surface area (Å²) in [5.74, 6) is -1.02. The molecule has 0 N–H and O–H groups in total. The van der Waals surface area contributed by atoms with E-state index < -0.39 is 55.2 Å². The molecule has 0 unspecified atom stereocenters. The molecule has 0 heterocycles. The Morgan fingerprint density at radius 3 is 1.20 bits per heavy atom. The van der Waals surface area contributed by atoms with Crippen LogP contribution in [0.15, 0.2) is 109 Å². The predicted molar refractivity (Wildman–Crippen MR) is 211 cm³/mol. The zero-order valence-corrected chi connectivity index (χ0v) is 33.0. The van der Waals surface area contributed by atoms with Gasteiger partial charge in [0.25, 0.3) is 0 Å². The van der Waals surface area contributed by atoms with E-state index in [1.165, 1.54) is 13.8 Å². The lowest BCUT2D eigenvalue weighted by Gasteiger charge is -2.22. The average Bonchev–Trinajstić information content (AvgIpc) is 3.41. The van der Waals surface area contributed by atoms with Crippen LogP contribution in [-0.4, -0.2) is 49.8 Å². The van der Waals surface area contributed by atoms with Gasteiger partial charge in [0.05, 0.1) is 0 Å². The Morgan fingerprint density at radius 2 is 0.847 bits per heavy atom. The van der Waals surface area contributed by atoms with Crippen molar-refractivity contribution < 1.29 is 66.7 Å². The summed E-state index contributed by atoms with van der Waals surface area (Å²) >= 11 is 0. The maximum absolute atomic E-state index is 12.8. The molecule has 1 aliphatic carbocycles. The quantitative estimate of drug-likeness (QED) is 0.0348. The van der Waals surface area contributed by atoms with Crippen LogP contribution in [0, 0.1) is 0 Å². The van der Waals surface area contributed by atoms with E-state index in [-0.39, 0.29) is 35.5 Å². The number of carbonyl (C=O) groups excluding carboxylic acids is 6. The fourth-order valence-corrected chi connectivity index (χ4v) is 5.89. The molecule has 0 aromatic heterocycles. The van der Waals surface area contributed by atoms with Crippen LogP contribution >= 0.6 is 0 Å². The van der Waals surface area contributed by atoms with E-state index >= 15 is 0 Å². The first-order valence-electron chi connectivity index (χ1n) is 18.3. The smallest absolute Gasteiger partial charge is 0.427 e. The molecule has 0 bridgehead atoms. The van der Waals surface area contributed by atoms with Crippen LogP contribution < -0.4 is 18.9 Å². The van der Waals surface area contributed by atoms with Crippen LogP contribution in [0.3, 0.4) is 0 Å². The maximum atomic E-state index is 12.8. The monoisotopic (exact) mass is 806 g/mol. The minimum atomic E-state index is -1.05. The first-order chi connectivity index (χ1) is 28.1. The molecule has 14 nitrogen and oxygen atoms in total. The van der Waals surface area contributed by atoms with E-state index in [1.807, 2.05) is 38.1 Å². The highest BCUT2D eigenvalue weighted by Crippen LogP contribution is 2.50. The highest BCUT2D eigenvalue weighted by Gasteiger charge is 2.36. The Morgan fingerprint density at radius 1 is 0.492 bits per heavy atom. The van der Waals surface area contributed by atoms with E-state index in [4.69, 9.17) is 37.9 Å². The van der Waals surface area contributed by atoms with Crippen LogP contribution in [0.2, 0.25) is 0 Å². The van der Waals surface area contributed by atoms with Crippen LogP contribution in [-0.2, 0) is 56.4 Å². The standard InChI is InChI=1S/C45H42O14/c1-27(2)41(48)52-25-54-43(50)58-31-13-7-29(8-14-31)11-21-39(46)56-33-17-19-35-36-20-18-34(24-38(36)45(5,6)37(35)23-33)57-40(47)22-12-30-9-15-32(16-10-30)59-44(51)55-26-53-42(49)28(3)4/h7-10,13-20,23-24H,1,3,11-12,21-22,25-26H2,2,4-6H3. The van der Waals surface area contributed by atoms with Gasteiger partial charge in [0.15, 0.2) is 0 Å². The van der Waals surface area contributed by atoms with Crippen molar-refractivity contribution in [2.45, 2.75) is 58.8 Å². The van der Waals surface area contributed by atoms with E-state index in [0.29, 0.717) is 24.3 Å². The lowest BCUT2D eigenvalue weighted by atomic mass is 9.82. The third-order valence-corrected chi connectivity index (χ3v) is 9.00. The lowest BCUT2D eigenvalue weighted by molar-refractivity contribution is -0.148. The van der Waals surface area contributed by atoms with E-state index in [0.717, 1.165) is 33.4 Å². The maximum Gasteiger partial charge on any atom is 0.516 e. The minimum absolute atomic E-state index is 0.0969. The Hall–Kier alpha value is -7.22. The molecule has 0 atom stereocenters. The van der Waals surface area contributed by atoms with Crippen molar-refractivity contribution in [3.63, 3.8) is 0 Å². The van der Waals surface area contributed by atoms with Crippen LogP contribution in [0.1, 0.15) is 62.8 Å². The van der Waals surface area contributed by atoms with Crippen molar-refractivity contribution in [3.05, 3.63) is 131 Å². The van der Waals surface area contributed by atoms with Crippen molar-refractivity contribution in [2.24, 2.45) is 0 Å². The average molecular weight is 807 g/mol. The summed E-state index contributed by atoms with van der Waals surface area (Å²) in [5.41, 5.74) is 5.33. The number of carbonyl (C=O) groups is 6. The van der Waals surface area contributed by atoms with Crippen molar-refractivity contribution in [1.29, 1.82) is 0 Å². The number of hydrogen-bond donors (Lipinski definition) is 0. The summed E-state index contributed by atoms with van der Waals surface area (Å²) < 4.78 is 40.3. The molecule has 306 valence electrons. The summed E-state index contributed by atoms with van der Waals surface area (Å²) in [7, 11) is 0. The van der Waals surface area contributed by atoms with Crippen LogP contribution in [0.4, 0.5) is 9.59 Å². The van der Waals surface area contributed by atoms with Crippen molar-refractivity contribution in [3.8, 4) is 34.1 Å². The van der Waals surface area contributed by atoms with Crippen molar-refractivity contribution in [2.75, 3.05) is 13.6 Å². The van der Waals surface area contributed by atoms with Gasteiger partial charge < -0.3 is 37.9 Å². The van der Waals surface area contributed by atoms with E-state index in [2.05, 4.69) is 13.2 Å². The molecule has 1 aliphatic rings. The highest BCUT2D eigenvalue weighted by atomic mass is 16.8. The number of hydrogen-bond acceptors (Lipinski definition) is 14. The first-order valence-corrected chi connectivity index (χ1v) is 18.3. The van der Waals surface area contributed by atoms with Gasteiger partial charge in [-0.3, -0.25) is 9.59 Å². The van der Waals surface area contributed by atoms with Gasteiger partial charge in [-0.1, -0.05) is 63.4 Å². The largest absolute Gasteiger partial charge is 0.516 e. The molecule has 0 saturated carbocycles. The van der Waals surface area contributed by atoms with E-state index in [1.54, 1.807) is 60.7 Å². The van der Waals surface area contributed by atoms with Gasteiger partial charge >= 0.3 is 36.2 Å². The van der Waals surface area contributed by atoms with Gasteiger partial charge in [0.2, 0.25) is 13.6 Å². The second-order valence-corrected chi connectivity index (χ2v) is 13.9. The number of ether oxygens (including phenoxy) is 8. The molecule has 0 fully saturated rings. The van der Waals surface area contributed by atoms with Crippen LogP contribution in [0.5, 0.6) is 23.0 Å². The molecule has 5 rings (SSSR count). The summed E-state index contributed by atoms with van der Waals surface area (Å²) in [6, 6.07) is 24.0. The SMILES string of the molecule is C=C(C)C(=O)OCOC(=O)Oc1ccc(CCC(=O)Oc2ccc3c(c2)C(C)(C)c2cc(OC(=O)CCc4ccc(OC(=O)OCOC(=O)C(=C)C)cc4)ccc2-3)cc1. The number of rotatable bonds is 16. The van der Waals surface area contributed by atoms with Gasteiger partial charge in [0.1, 0.15) is 23.0 Å². The van der Waals surface area contributed by atoms with Gasteiger partial charge in [-0.2, -0.15) is 0 Å². The van der Waals surface area contributed by atoms with Gasteiger partial charge in [-0.15, -0.1) is 0 Å². The Bertz CT molecular complexity index is 2110. The van der Waals surface area contributed by atoms with E-state index in [9.17, 15) is 28.8 Å². The Labute approximate surface area is 340 Å². The normalized spacial score (nSPS) is 11.8. The number of esters is 4. The number of fused-ring (bicyclic) bond motifs is 3. The molecule has 4 aromatic carbocycles. The van der Waals surface area contributed by atoms with Crippen molar-refractivity contribution in [1.82, 2.24) is 0 Å². The van der Waals surface area contributed by atoms with Crippen molar-refractivity contribution >= 4 is 36.2 Å². The highest BCUT2D eigenvalue weighted by molar-refractivity contribution is 5.87. The summed E-state index contributed by atoms with van der Waals surface area (Å²) in [5, 5.41) is 0. The molecule has 0 aliphatic heterocycles.